The topological polar surface area (TPSA) is 63.4 Å². The first kappa shape index (κ1) is 16.9. The second kappa shape index (κ2) is 6.54. The molecule has 1 aliphatic carbocycles. The van der Waals surface area contributed by atoms with Gasteiger partial charge in [-0.2, -0.15) is 4.31 Å². The van der Waals surface area contributed by atoms with Crippen LogP contribution in [-0.2, 0) is 16.4 Å². The van der Waals surface area contributed by atoms with Crippen LogP contribution in [0.25, 0.3) is 0 Å². The van der Waals surface area contributed by atoms with E-state index in [1.807, 2.05) is 12.1 Å². The number of fused-ring (bicyclic) bond motifs is 1. The van der Waals surface area contributed by atoms with Crippen LogP contribution in [0, 0.1) is 17.8 Å². The molecule has 0 aromatic heterocycles. The van der Waals surface area contributed by atoms with Crippen LogP contribution in [0.3, 0.4) is 0 Å². The van der Waals surface area contributed by atoms with Crippen molar-refractivity contribution >= 4 is 10.0 Å². The van der Waals surface area contributed by atoms with Crippen LogP contribution >= 0.6 is 0 Å². The molecule has 4 nitrogen and oxygen atoms in total. The molecule has 2 fully saturated rings. The van der Waals surface area contributed by atoms with Gasteiger partial charge in [0.1, 0.15) is 0 Å². The van der Waals surface area contributed by atoms with Gasteiger partial charge in [-0.25, -0.2) is 8.42 Å². The Balaban J connectivity index is 1.76. The summed E-state index contributed by atoms with van der Waals surface area (Å²) in [4.78, 5) is 0.414. The van der Waals surface area contributed by atoms with E-state index < -0.39 is 10.0 Å². The van der Waals surface area contributed by atoms with E-state index in [0.29, 0.717) is 35.7 Å². The van der Waals surface area contributed by atoms with E-state index in [4.69, 9.17) is 5.73 Å². The number of nitrogens with two attached hydrogens (primary N) is 1. The SMILES string of the molecule is CC(C)Cc1ccc(S(=O)(=O)N2CC3CCCC(N)C3C2)cc1. The molecule has 3 rings (SSSR count). The van der Waals surface area contributed by atoms with Gasteiger partial charge in [0.05, 0.1) is 4.90 Å². The molecule has 2 N–H and O–H groups in total. The summed E-state index contributed by atoms with van der Waals surface area (Å²) in [5.41, 5.74) is 7.40. The van der Waals surface area contributed by atoms with E-state index in [2.05, 4.69) is 13.8 Å². The number of hydrogen-bond donors (Lipinski definition) is 1. The smallest absolute Gasteiger partial charge is 0.243 e. The Bertz CT molecular complexity index is 639. The molecule has 3 atom stereocenters. The number of rotatable bonds is 4. The molecule has 0 bridgehead atoms. The third-order valence-corrected chi connectivity index (χ3v) is 7.17. The average Bonchev–Trinajstić information content (AvgIpc) is 2.93. The Hall–Kier alpha value is -0.910. The second-order valence-electron chi connectivity index (χ2n) is 7.58. The fourth-order valence-corrected chi connectivity index (χ4v) is 5.62. The normalized spacial score (nSPS) is 29.0. The average molecular weight is 337 g/mol. The van der Waals surface area contributed by atoms with Crippen LogP contribution in [0.15, 0.2) is 29.2 Å². The summed E-state index contributed by atoms with van der Waals surface area (Å²) in [5.74, 6) is 1.34. The van der Waals surface area contributed by atoms with E-state index in [0.717, 1.165) is 25.7 Å². The molecule has 128 valence electrons. The predicted octanol–water partition coefficient (Wildman–Crippen LogP) is 2.63. The fraction of sp³-hybridized carbons (Fsp3) is 0.667. The van der Waals surface area contributed by atoms with Crippen molar-refractivity contribution in [3.63, 3.8) is 0 Å². The highest BCUT2D eigenvalue weighted by atomic mass is 32.2. The third-order valence-electron chi connectivity index (χ3n) is 5.33. The second-order valence-corrected chi connectivity index (χ2v) is 9.52. The lowest BCUT2D eigenvalue weighted by molar-refractivity contribution is 0.260. The summed E-state index contributed by atoms with van der Waals surface area (Å²) in [6.45, 7) is 5.55. The molecule has 0 spiro atoms. The van der Waals surface area contributed by atoms with Crippen molar-refractivity contribution in [2.24, 2.45) is 23.5 Å². The highest BCUT2D eigenvalue weighted by molar-refractivity contribution is 7.89. The lowest BCUT2D eigenvalue weighted by atomic mass is 9.78. The van der Waals surface area contributed by atoms with Gasteiger partial charge in [0, 0.05) is 19.1 Å². The van der Waals surface area contributed by atoms with E-state index in [1.54, 1.807) is 16.4 Å². The quantitative estimate of drug-likeness (QED) is 0.919. The molecule has 0 radical (unpaired) electrons. The summed E-state index contributed by atoms with van der Waals surface area (Å²) in [5, 5.41) is 0. The first-order chi connectivity index (χ1) is 10.9. The Kier molecular flexibility index (Phi) is 4.81. The molecule has 1 aliphatic heterocycles. The minimum Gasteiger partial charge on any atom is -0.327 e. The summed E-state index contributed by atoms with van der Waals surface area (Å²) < 4.78 is 27.5. The molecule has 1 aromatic rings. The standard InChI is InChI=1S/C18H28N2O2S/c1-13(2)10-14-6-8-16(9-7-14)23(21,22)20-11-15-4-3-5-18(19)17(15)12-20/h6-9,13,15,17-18H,3-5,10-12,19H2,1-2H3. The van der Waals surface area contributed by atoms with Gasteiger partial charge in [-0.05, 0) is 54.7 Å². The molecule has 23 heavy (non-hydrogen) atoms. The van der Waals surface area contributed by atoms with Crippen molar-refractivity contribution in [3.05, 3.63) is 29.8 Å². The van der Waals surface area contributed by atoms with E-state index in [-0.39, 0.29) is 6.04 Å². The van der Waals surface area contributed by atoms with Gasteiger partial charge in [-0.3, -0.25) is 0 Å². The van der Waals surface area contributed by atoms with Crippen molar-refractivity contribution in [1.82, 2.24) is 4.31 Å². The molecule has 3 unspecified atom stereocenters. The number of benzene rings is 1. The van der Waals surface area contributed by atoms with E-state index in [9.17, 15) is 8.42 Å². The summed E-state index contributed by atoms with van der Waals surface area (Å²) in [6, 6.07) is 7.57. The zero-order valence-electron chi connectivity index (χ0n) is 14.1. The molecule has 5 heteroatoms. The monoisotopic (exact) mass is 336 g/mol. The van der Waals surface area contributed by atoms with Crippen LogP contribution in [0.2, 0.25) is 0 Å². The Morgan fingerprint density at radius 1 is 1.17 bits per heavy atom. The molecular formula is C18H28N2O2S. The van der Waals surface area contributed by atoms with Gasteiger partial charge in [0.15, 0.2) is 0 Å². The Morgan fingerprint density at radius 3 is 2.48 bits per heavy atom. The fourth-order valence-electron chi connectivity index (χ4n) is 4.09. The molecule has 1 saturated carbocycles. The van der Waals surface area contributed by atoms with Crippen molar-refractivity contribution in [2.75, 3.05) is 13.1 Å². The van der Waals surface area contributed by atoms with Gasteiger partial charge >= 0.3 is 0 Å². The zero-order chi connectivity index (χ0) is 16.6. The van der Waals surface area contributed by atoms with Crippen LogP contribution in [0.1, 0.15) is 38.7 Å². The van der Waals surface area contributed by atoms with Gasteiger partial charge in [0.2, 0.25) is 10.0 Å². The predicted molar refractivity (Wildman–Crippen MR) is 92.5 cm³/mol. The van der Waals surface area contributed by atoms with Gasteiger partial charge in [0.25, 0.3) is 0 Å². The van der Waals surface area contributed by atoms with Gasteiger partial charge in [-0.1, -0.05) is 32.4 Å². The number of sulfonamides is 1. The van der Waals surface area contributed by atoms with Gasteiger partial charge < -0.3 is 5.73 Å². The van der Waals surface area contributed by atoms with E-state index >= 15 is 0 Å². The molecule has 0 amide bonds. The minimum absolute atomic E-state index is 0.155. The lowest BCUT2D eigenvalue weighted by Crippen LogP contribution is -2.38. The van der Waals surface area contributed by atoms with Crippen LogP contribution in [0.4, 0.5) is 0 Å². The molecule has 2 aliphatic rings. The first-order valence-electron chi connectivity index (χ1n) is 8.72. The maximum atomic E-state index is 12.9. The highest BCUT2D eigenvalue weighted by Crippen LogP contribution is 2.37. The molecular weight excluding hydrogens is 308 g/mol. The van der Waals surface area contributed by atoms with Crippen molar-refractivity contribution in [3.8, 4) is 0 Å². The lowest BCUT2D eigenvalue weighted by Gasteiger charge is -2.29. The Morgan fingerprint density at radius 2 is 1.87 bits per heavy atom. The largest absolute Gasteiger partial charge is 0.327 e. The summed E-state index contributed by atoms with van der Waals surface area (Å²) in [6.07, 6.45) is 4.24. The van der Waals surface area contributed by atoms with Crippen molar-refractivity contribution in [2.45, 2.75) is 50.5 Å². The summed E-state index contributed by atoms with van der Waals surface area (Å²) >= 11 is 0. The number of nitrogens with zero attached hydrogens (tertiary/aromatic N) is 1. The van der Waals surface area contributed by atoms with Crippen molar-refractivity contribution < 1.29 is 8.42 Å². The van der Waals surface area contributed by atoms with Gasteiger partial charge in [-0.15, -0.1) is 0 Å². The maximum absolute atomic E-state index is 12.9. The van der Waals surface area contributed by atoms with Crippen LogP contribution in [0.5, 0.6) is 0 Å². The van der Waals surface area contributed by atoms with Crippen LogP contribution < -0.4 is 5.73 Å². The number of hydrogen-bond acceptors (Lipinski definition) is 3. The van der Waals surface area contributed by atoms with Crippen molar-refractivity contribution in [1.29, 1.82) is 0 Å². The minimum atomic E-state index is -3.39. The maximum Gasteiger partial charge on any atom is 0.243 e. The zero-order valence-corrected chi connectivity index (χ0v) is 14.9. The molecule has 1 aromatic carbocycles. The Labute approximate surface area is 140 Å². The summed E-state index contributed by atoms with van der Waals surface area (Å²) in [7, 11) is -3.39. The highest BCUT2D eigenvalue weighted by Gasteiger charge is 2.43. The third kappa shape index (κ3) is 3.47. The first-order valence-corrected chi connectivity index (χ1v) is 10.2. The van der Waals surface area contributed by atoms with E-state index in [1.165, 1.54) is 5.56 Å². The molecule has 1 saturated heterocycles. The molecule has 1 heterocycles. The van der Waals surface area contributed by atoms with Crippen LogP contribution in [-0.4, -0.2) is 31.9 Å².